The highest BCUT2D eigenvalue weighted by Gasteiger charge is 2.28. The van der Waals surface area contributed by atoms with Gasteiger partial charge in [-0.05, 0) is 24.3 Å². The molecule has 0 bridgehead atoms. The zero-order valence-electron chi connectivity index (χ0n) is 11.8. The van der Waals surface area contributed by atoms with Gasteiger partial charge in [0.25, 0.3) is 0 Å². The molecule has 1 heterocycles. The van der Waals surface area contributed by atoms with Crippen LogP contribution in [0.25, 0.3) is 11.0 Å². The van der Waals surface area contributed by atoms with E-state index < -0.39 is 17.5 Å². The zero-order chi connectivity index (χ0) is 15.7. The quantitative estimate of drug-likeness (QED) is 0.697. The summed E-state index contributed by atoms with van der Waals surface area (Å²) in [7, 11) is 1.74. The number of aromatic nitrogens is 2. The highest BCUT2D eigenvalue weighted by atomic mass is 19.1. The molecule has 0 fully saturated rings. The first-order chi connectivity index (χ1) is 10.6. The van der Waals surface area contributed by atoms with Gasteiger partial charge < -0.3 is 4.57 Å². The molecule has 1 aromatic heterocycles. The highest BCUT2D eigenvalue weighted by molar-refractivity contribution is 6.02. The summed E-state index contributed by atoms with van der Waals surface area (Å²) in [6.45, 7) is 0. The molecule has 22 heavy (non-hydrogen) atoms. The van der Waals surface area contributed by atoms with Crippen LogP contribution in [0.1, 0.15) is 22.1 Å². The van der Waals surface area contributed by atoms with E-state index in [0.29, 0.717) is 11.3 Å². The van der Waals surface area contributed by atoms with E-state index in [1.165, 1.54) is 18.2 Å². The molecular weight excluding hydrogens is 281 g/mol. The van der Waals surface area contributed by atoms with Gasteiger partial charge in [0, 0.05) is 7.05 Å². The molecule has 0 aliphatic rings. The fourth-order valence-corrected chi connectivity index (χ4v) is 2.47. The van der Waals surface area contributed by atoms with E-state index in [0.717, 1.165) is 5.52 Å². The van der Waals surface area contributed by atoms with Gasteiger partial charge in [0.15, 0.2) is 11.7 Å². The maximum absolute atomic E-state index is 13.8. The maximum Gasteiger partial charge on any atom is 0.190 e. The van der Waals surface area contributed by atoms with Crippen LogP contribution in [0.4, 0.5) is 4.39 Å². The number of rotatable bonds is 3. The van der Waals surface area contributed by atoms with Gasteiger partial charge in [-0.15, -0.1) is 0 Å². The monoisotopic (exact) mass is 293 g/mol. The van der Waals surface area contributed by atoms with Crippen molar-refractivity contribution < 1.29 is 9.18 Å². The molecule has 4 nitrogen and oxygen atoms in total. The van der Waals surface area contributed by atoms with Crippen LogP contribution in [0.15, 0.2) is 48.5 Å². The van der Waals surface area contributed by atoms with Gasteiger partial charge in [-0.3, -0.25) is 4.79 Å². The number of imidazole rings is 1. The molecule has 3 rings (SSSR count). The zero-order valence-corrected chi connectivity index (χ0v) is 11.8. The molecule has 2 aromatic carbocycles. The maximum atomic E-state index is 13.8. The van der Waals surface area contributed by atoms with E-state index in [2.05, 4.69) is 4.98 Å². The molecule has 1 atom stereocenters. The number of fused-ring (bicyclic) bond motifs is 1. The lowest BCUT2D eigenvalue weighted by Gasteiger charge is -2.09. The van der Waals surface area contributed by atoms with Crippen molar-refractivity contribution in [1.29, 1.82) is 5.26 Å². The number of carbonyl (C=O) groups excluding carboxylic acids is 1. The number of nitrogens with zero attached hydrogens (tertiary/aromatic N) is 3. The number of para-hydroxylation sites is 2. The summed E-state index contributed by atoms with van der Waals surface area (Å²) in [6.07, 6.45) is 0. The number of aryl methyl sites for hydroxylation is 1. The summed E-state index contributed by atoms with van der Waals surface area (Å²) in [5.41, 5.74) is 1.42. The molecule has 3 aromatic rings. The average Bonchev–Trinajstić information content (AvgIpc) is 2.86. The first-order valence-corrected chi connectivity index (χ1v) is 6.73. The molecule has 0 spiro atoms. The van der Waals surface area contributed by atoms with Crippen LogP contribution >= 0.6 is 0 Å². The Labute approximate surface area is 126 Å². The van der Waals surface area contributed by atoms with Crippen molar-refractivity contribution in [2.24, 2.45) is 7.05 Å². The second-order valence-corrected chi connectivity index (χ2v) is 4.92. The lowest BCUT2D eigenvalue weighted by atomic mass is 9.97. The van der Waals surface area contributed by atoms with Crippen LogP contribution in [-0.4, -0.2) is 15.3 Å². The van der Waals surface area contributed by atoms with Crippen LogP contribution in [0.3, 0.4) is 0 Å². The van der Waals surface area contributed by atoms with E-state index in [1.807, 2.05) is 24.3 Å². The SMILES string of the molecule is Cn1c(C(C#N)C(=O)c2ccccc2F)nc2ccccc21. The second-order valence-electron chi connectivity index (χ2n) is 4.92. The molecule has 0 aliphatic heterocycles. The predicted molar refractivity (Wildman–Crippen MR) is 79.8 cm³/mol. The van der Waals surface area contributed by atoms with Crippen LogP contribution in [0.5, 0.6) is 0 Å². The van der Waals surface area contributed by atoms with Crippen molar-refractivity contribution in [2.45, 2.75) is 5.92 Å². The Hall–Kier alpha value is -3.00. The normalized spacial score (nSPS) is 12.0. The number of benzene rings is 2. The summed E-state index contributed by atoms with van der Waals surface area (Å²) < 4.78 is 15.5. The highest BCUT2D eigenvalue weighted by Crippen LogP contribution is 2.24. The summed E-state index contributed by atoms with van der Waals surface area (Å²) >= 11 is 0. The number of ketones is 1. The standard InChI is InChI=1S/C17H12FN3O/c1-21-15-9-5-4-8-14(15)20-17(21)12(10-19)16(22)11-6-2-3-7-13(11)18/h2-9,12H,1H3. The number of nitriles is 1. The van der Waals surface area contributed by atoms with Crippen molar-refractivity contribution in [2.75, 3.05) is 0 Å². The number of halogens is 1. The Morgan fingerprint density at radius 3 is 2.59 bits per heavy atom. The molecule has 5 heteroatoms. The van der Waals surface area contributed by atoms with Crippen molar-refractivity contribution in [1.82, 2.24) is 9.55 Å². The van der Waals surface area contributed by atoms with Gasteiger partial charge >= 0.3 is 0 Å². The first kappa shape index (κ1) is 14.0. The van der Waals surface area contributed by atoms with Crippen LogP contribution in [0, 0.1) is 17.1 Å². The number of Topliss-reactive ketones (excluding diaryl/α,β-unsaturated/α-hetero) is 1. The third-order valence-corrected chi connectivity index (χ3v) is 3.61. The van der Waals surface area contributed by atoms with Gasteiger partial charge in [-0.25, -0.2) is 9.37 Å². The van der Waals surface area contributed by atoms with Crippen molar-refractivity contribution in [3.8, 4) is 6.07 Å². The minimum atomic E-state index is -1.14. The van der Waals surface area contributed by atoms with E-state index in [4.69, 9.17) is 0 Å². The Morgan fingerprint density at radius 2 is 1.91 bits per heavy atom. The van der Waals surface area contributed by atoms with Gasteiger partial charge in [0.2, 0.25) is 0 Å². The van der Waals surface area contributed by atoms with Gasteiger partial charge in [0.05, 0.1) is 22.7 Å². The van der Waals surface area contributed by atoms with E-state index in [9.17, 15) is 14.4 Å². The molecule has 0 saturated carbocycles. The van der Waals surface area contributed by atoms with Gasteiger partial charge in [-0.1, -0.05) is 24.3 Å². The Morgan fingerprint density at radius 1 is 1.23 bits per heavy atom. The van der Waals surface area contributed by atoms with E-state index >= 15 is 0 Å². The Balaban J connectivity index is 2.11. The molecule has 0 amide bonds. The summed E-state index contributed by atoms with van der Waals surface area (Å²) in [4.78, 5) is 16.9. The summed E-state index contributed by atoms with van der Waals surface area (Å²) in [5, 5.41) is 9.41. The van der Waals surface area contributed by atoms with E-state index in [1.54, 1.807) is 23.7 Å². The number of carbonyl (C=O) groups is 1. The predicted octanol–water partition coefficient (Wildman–Crippen LogP) is 3.20. The minimum Gasteiger partial charge on any atom is -0.330 e. The Bertz CT molecular complexity index is 908. The van der Waals surface area contributed by atoms with Crippen LogP contribution < -0.4 is 0 Å². The first-order valence-electron chi connectivity index (χ1n) is 6.73. The van der Waals surface area contributed by atoms with Crippen molar-refractivity contribution >= 4 is 16.8 Å². The van der Waals surface area contributed by atoms with Gasteiger partial charge in [-0.2, -0.15) is 5.26 Å². The summed E-state index contributed by atoms with van der Waals surface area (Å²) in [5.74, 6) is -2.04. The molecule has 108 valence electrons. The second kappa shape index (κ2) is 5.41. The van der Waals surface area contributed by atoms with Gasteiger partial charge in [0.1, 0.15) is 11.6 Å². The van der Waals surface area contributed by atoms with Crippen LogP contribution in [-0.2, 0) is 7.05 Å². The largest absolute Gasteiger partial charge is 0.330 e. The molecule has 0 N–H and O–H groups in total. The molecule has 1 unspecified atom stereocenters. The molecular formula is C17H12FN3O. The lowest BCUT2D eigenvalue weighted by molar-refractivity contribution is 0.0971. The Kier molecular flexibility index (Phi) is 3.43. The average molecular weight is 293 g/mol. The smallest absolute Gasteiger partial charge is 0.190 e. The fourth-order valence-electron chi connectivity index (χ4n) is 2.47. The minimum absolute atomic E-state index is 0.0962. The molecule has 0 saturated heterocycles. The number of hydrogen-bond acceptors (Lipinski definition) is 3. The van der Waals surface area contributed by atoms with Crippen LogP contribution in [0.2, 0.25) is 0 Å². The van der Waals surface area contributed by atoms with E-state index in [-0.39, 0.29) is 5.56 Å². The third-order valence-electron chi connectivity index (χ3n) is 3.61. The topological polar surface area (TPSA) is 58.7 Å². The third kappa shape index (κ3) is 2.15. The lowest BCUT2D eigenvalue weighted by Crippen LogP contribution is -2.16. The number of hydrogen-bond donors (Lipinski definition) is 0. The molecule has 0 radical (unpaired) electrons. The molecule has 0 aliphatic carbocycles. The van der Waals surface area contributed by atoms with Crippen molar-refractivity contribution in [3.63, 3.8) is 0 Å². The fraction of sp³-hybridized carbons (Fsp3) is 0.118. The van der Waals surface area contributed by atoms with Crippen molar-refractivity contribution in [3.05, 3.63) is 65.7 Å². The summed E-state index contributed by atoms with van der Waals surface area (Å²) in [6, 6.07) is 15.0.